The molecule has 0 aromatic carbocycles. The molecule has 0 radical (unpaired) electrons. The zero-order valence-corrected chi connectivity index (χ0v) is 12.2. The molecule has 3 nitrogen and oxygen atoms in total. The van der Waals surface area contributed by atoms with Crippen LogP contribution in [0.25, 0.3) is 0 Å². The number of halogens is 1. The van der Waals surface area contributed by atoms with Gasteiger partial charge < -0.3 is 5.32 Å². The molecule has 0 aliphatic carbocycles. The highest BCUT2D eigenvalue weighted by atomic mass is 19.1. The van der Waals surface area contributed by atoms with Crippen molar-refractivity contribution < 1.29 is 9.18 Å². The average Bonchev–Trinajstić information content (AvgIpc) is 2.30. The second-order valence-corrected chi connectivity index (χ2v) is 5.48. The van der Waals surface area contributed by atoms with Crippen LogP contribution in [0.15, 0.2) is 12.3 Å². The quantitative estimate of drug-likeness (QED) is 0.757. The molecular formula is C15H23FN2O. The first-order valence-corrected chi connectivity index (χ1v) is 6.83. The van der Waals surface area contributed by atoms with E-state index in [9.17, 15) is 9.18 Å². The van der Waals surface area contributed by atoms with E-state index >= 15 is 0 Å². The Morgan fingerprint density at radius 3 is 2.63 bits per heavy atom. The summed E-state index contributed by atoms with van der Waals surface area (Å²) in [5.41, 5.74) is 0.315. The van der Waals surface area contributed by atoms with E-state index in [1.165, 1.54) is 19.4 Å². The number of hydrogen-bond acceptors (Lipinski definition) is 3. The van der Waals surface area contributed by atoms with Gasteiger partial charge in [-0.3, -0.25) is 4.79 Å². The summed E-state index contributed by atoms with van der Waals surface area (Å²) in [5.74, 6) is 0.516. The maximum absolute atomic E-state index is 13.1. The summed E-state index contributed by atoms with van der Waals surface area (Å²) < 4.78 is 13.1. The molecule has 0 spiro atoms. The summed E-state index contributed by atoms with van der Waals surface area (Å²) in [6.07, 6.45) is 4.45. The molecule has 1 N–H and O–H groups in total. The number of anilines is 1. The van der Waals surface area contributed by atoms with Crippen molar-refractivity contribution in [1.82, 2.24) is 4.98 Å². The van der Waals surface area contributed by atoms with Crippen LogP contribution in [0.2, 0.25) is 0 Å². The van der Waals surface area contributed by atoms with Crippen molar-refractivity contribution in [1.29, 1.82) is 0 Å². The minimum absolute atomic E-state index is 0.177. The predicted octanol–water partition coefficient (Wildman–Crippen LogP) is 4.05. The fourth-order valence-corrected chi connectivity index (χ4v) is 1.96. The van der Waals surface area contributed by atoms with Crippen LogP contribution >= 0.6 is 0 Å². The maximum Gasteiger partial charge on any atom is 0.163 e. The molecule has 0 saturated carbocycles. The van der Waals surface area contributed by atoms with Crippen molar-refractivity contribution in [3.8, 4) is 0 Å². The molecule has 0 amide bonds. The molecule has 4 heteroatoms. The number of hydrogen-bond donors (Lipinski definition) is 1. The molecular weight excluding hydrogens is 243 g/mol. The molecule has 106 valence electrons. The third-order valence-corrected chi connectivity index (χ3v) is 3.04. The van der Waals surface area contributed by atoms with E-state index in [-0.39, 0.29) is 11.8 Å². The number of Topliss-reactive ketones (excluding diaryl/α,β-unsaturated/α-hetero) is 1. The lowest BCUT2D eigenvalue weighted by Crippen LogP contribution is -2.18. The number of pyridine rings is 1. The molecule has 1 rings (SSSR count). The van der Waals surface area contributed by atoms with Crippen LogP contribution in [-0.2, 0) is 0 Å². The zero-order chi connectivity index (χ0) is 14.4. The van der Waals surface area contributed by atoms with Crippen LogP contribution in [0.1, 0.15) is 57.3 Å². The van der Waals surface area contributed by atoms with Gasteiger partial charge in [0.05, 0.1) is 11.8 Å². The van der Waals surface area contributed by atoms with Gasteiger partial charge in [-0.2, -0.15) is 0 Å². The molecule has 1 unspecified atom stereocenters. The summed E-state index contributed by atoms with van der Waals surface area (Å²) >= 11 is 0. The summed E-state index contributed by atoms with van der Waals surface area (Å²) in [6.45, 7) is 7.88. The van der Waals surface area contributed by atoms with Gasteiger partial charge in [-0.25, -0.2) is 9.37 Å². The predicted molar refractivity (Wildman–Crippen MR) is 76.0 cm³/mol. The molecule has 1 aromatic rings. The van der Waals surface area contributed by atoms with Crippen molar-refractivity contribution in [2.75, 3.05) is 5.32 Å². The smallest absolute Gasteiger partial charge is 0.163 e. The third-order valence-electron chi connectivity index (χ3n) is 3.04. The standard InChI is InChI=1S/C15H23FN2O/c1-10(2)6-5-7-11(3)18-15-14(12(4)19)8-13(16)9-17-15/h8-11H,5-7H2,1-4H3,(H,17,18). The van der Waals surface area contributed by atoms with Crippen molar-refractivity contribution in [3.05, 3.63) is 23.6 Å². The number of carbonyl (C=O) groups is 1. The lowest BCUT2D eigenvalue weighted by molar-refractivity contribution is 0.101. The summed E-state index contributed by atoms with van der Waals surface area (Å²) in [6, 6.07) is 1.45. The number of aromatic nitrogens is 1. The van der Waals surface area contributed by atoms with Gasteiger partial charge in [0.25, 0.3) is 0 Å². The topological polar surface area (TPSA) is 42.0 Å². The van der Waals surface area contributed by atoms with Gasteiger partial charge in [0.15, 0.2) is 5.78 Å². The van der Waals surface area contributed by atoms with Crippen LogP contribution in [0.5, 0.6) is 0 Å². The van der Waals surface area contributed by atoms with Crippen LogP contribution in [0.4, 0.5) is 10.2 Å². The van der Waals surface area contributed by atoms with E-state index in [2.05, 4.69) is 31.1 Å². The molecule has 0 bridgehead atoms. The summed E-state index contributed by atoms with van der Waals surface area (Å²) in [5, 5.41) is 3.19. The van der Waals surface area contributed by atoms with Crippen molar-refractivity contribution in [2.24, 2.45) is 5.92 Å². The molecule has 19 heavy (non-hydrogen) atoms. The molecule has 1 aromatic heterocycles. The Morgan fingerprint density at radius 1 is 1.37 bits per heavy atom. The Kier molecular flexibility index (Phi) is 5.93. The second kappa shape index (κ2) is 7.22. The fourth-order valence-electron chi connectivity index (χ4n) is 1.96. The van der Waals surface area contributed by atoms with Crippen molar-refractivity contribution >= 4 is 11.6 Å². The Balaban J connectivity index is 2.63. The van der Waals surface area contributed by atoms with E-state index < -0.39 is 5.82 Å². The Labute approximate surface area is 114 Å². The Hall–Kier alpha value is -1.45. The van der Waals surface area contributed by atoms with E-state index in [4.69, 9.17) is 0 Å². The molecule has 1 atom stereocenters. The third kappa shape index (κ3) is 5.37. The number of carbonyl (C=O) groups excluding carboxylic acids is 1. The number of nitrogens with zero attached hydrogens (tertiary/aromatic N) is 1. The SMILES string of the molecule is CC(=O)c1cc(F)cnc1NC(C)CCCC(C)C. The van der Waals surface area contributed by atoms with Gasteiger partial charge in [-0.15, -0.1) is 0 Å². The fraction of sp³-hybridized carbons (Fsp3) is 0.600. The van der Waals surface area contributed by atoms with Crippen molar-refractivity contribution in [3.63, 3.8) is 0 Å². The molecule has 0 saturated heterocycles. The lowest BCUT2D eigenvalue weighted by atomic mass is 10.0. The Bertz CT molecular complexity index is 432. The average molecular weight is 266 g/mol. The monoisotopic (exact) mass is 266 g/mol. The van der Waals surface area contributed by atoms with Gasteiger partial charge in [0.2, 0.25) is 0 Å². The van der Waals surface area contributed by atoms with Gasteiger partial charge >= 0.3 is 0 Å². The summed E-state index contributed by atoms with van der Waals surface area (Å²) in [4.78, 5) is 15.4. The highest BCUT2D eigenvalue weighted by Crippen LogP contribution is 2.17. The van der Waals surface area contributed by atoms with E-state index in [1.807, 2.05) is 0 Å². The number of nitrogens with one attached hydrogen (secondary N) is 1. The molecule has 0 aliphatic heterocycles. The van der Waals surface area contributed by atoms with E-state index in [0.717, 1.165) is 19.0 Å². The van der Waals surface area contributed by atoms with Crippen LogP contribution < -0.4 is 5.32 Å². The molecule has 0 aliphatic rings. The summed E-state index contributed by atoms with van der Waals surface area (Å²) in [7, 11) is 0. The van der Waals surface area contributed by atoms with Gasteiger partial charge in [0.1, 0.15) is 11.6 Å². The van der Waals surface area contributed by atoms with E-state index in [0.29, 0.717) is 17.3 Å². The highest BCUT2D eigenvalue weighted by Gasteiger charge is 2.12. The van der Waals surface area contributed by atoms with Gasteiger partial charge in [-0.05, 0) is 32.3 Å². The molecule has 0 fully saturated rings. The number of rotatable bonds is 7. The second-order valence-electron chi connectivity index (χ2n) is 5.48. The maximum atomic E-state index is 13.1. The molecule has 1 heterocycles. The number of ketones is 1. The van der Waals surface area contributed by atoms with E-state index in [1.54, 1.807) is 0 Å². The Morgan fingerprint density at radius 2 is 2.05 bits per heavy atom. The van der Waals surface area contributed by atoms with Crippen molar-refractivity contribution in [2.45, 2.75) is 53.0 Å². The van der Waals surface area contributed by atoms with Gasteiger partial charge in [0, 0.05) is 6.04 Å². The zero-order valence-electron chi connectivity index (χ0n) is 12.2. The highest BCUT2D eigenvalue weighted by molar-refractivity contribution is 5.98. The first kappa shape index (κ1) is 15.6. The first-order chi connectivity index (χ1) is 8.90. The lowest BCUT2D eigenvalue weighted by Gasteiger charge is -2.16. The van der Waals surface area contributed by atoms with Crippen LogP contribution in [0, 0.1) is 11.7 Å². The van der Waals surface area contributed by atoms with Crippen LogP contribution in [-0.4, -0.2) is 16.8 Å². The van der Waals surface area contributed by atoms with Crippen LogP contribution in [0.3, 0.4) is 0 Å². The largest absolute Gasteiger partial charge is 0.367 e. The minimum atomic E-state index is -0.483. The minimum Gasteiger partial charge on any atom is -0.367 e. The normalized spacial score (nSPS) is 12.5. The first-order valence-electron chi connectivity index (χ1n) is 6.83. The van der Waals surface area contributed by atoms with Gasteiger partial charge in [-0.1, -0.05) is 26.7 Å².